The van der Waals surface area contributed by atoms with E-state index in [-0.39, 0.29) is 17.1 Å². The van der Waals surface area contributed by atoms with Gasteiger partial charge in [-0.15, -0.1) is 0 Å². The average molecular weight is 377 g/mol. The fourth-order valence-electron chi connectivity index (χ4n) is 2.28. The summed E-state index contributed by atoms with van der Waals surface area (Å²) >= 11 is 0. The molecule has 0 aliphatic rings. The molecule has 2 atom stereocenters. The molecular weight excluding hydrogens is 340 g/mol. The summed E-state index contributed by atoms with van der Waals surface area (Å²) in [4.78, 5) is 11.3. The van der Waals surface area contributed by atoms with E-state index in [0.29, 0.717) is 13.2 Å². The topological polar surface area (TPSA) is 35.5 Å². The van der Waals surface area contributed by atoms with E-state index < -0.39 is 8.32 Å². The number of aldehydes is 1. The summed E-state index contributed by atoms with van der Waals surface area (Å²) in [7, 11) is -1.88. The monoisotopic (exact) mass is 376 g/mol. The van der Waals surface area contributed by atoms with E-state index in [1.807, 2.05) is 25.1 Å². The van der Waals surface area contributed by atoms with E-state index in [0.717, 1.165) is 19.1 Å². The maximum Gasteiger partial charge on any atom is 0.192 e. The van der Waals surface area contributed by atoms with Crippen molar-refractivity contribution in [2.75, 3.05) is 6.61 Å². The SMILES string of the molecule is C[C@@H](C=O)[C@@H](C/C=C/CCOCc1ccccc1)O[Si](C)(C)C(C)(C)C. The molecule has 0 N–H and O–H groups in total. The second-order valence-electron chi connectivity index (χ2n) is 8.45. The molecule has 0 saturated carbocycles. The molecule has 26 heavy (non-hydrogen) atoms. The first-order chi connectivity index (χ1) is 12.2. The smallest absolute Gasteiger partial charge is 0.192 e. The van der Waals surface area contributed by atoms with Gasteiger partial charge in [-0.25, -0.2) is 0 Å². The predicted octanol–water partition coefficient (Wildman–Crippen LogP) is 5.77. The quantitative estimate of drug-likeness (QED) is 0.213. The highest BCUT2D eigenvalue weighted by Crippen LogP contribution is 2.38. The Balaban J connectivity index is 2.41. The predicted molar refractivity (Wildman–Crippen MR) is 112 cm³/mol. The van der Waals surface area contributed by atoms with Crippen LogP contribution in [0.1, 0.15) is 46.1 Å². The van der Waals surface area contributed by atoms with Crippen LogP contribution in [-0.2, 0) is 20.6 Å². The van der Waals surface area contributed by atoms with E-state index in [1.165, 1.54) is 5.56 Å². The molecule has 0 aliphatic heterocycles. The normalized spacial score (nSPS) is 15.2. The molecule has 0 amide bonds. The van der Waals surface area contributed by atoms with Crippen LogP contribution in [0.2, 0.25) is 18.1 Å². The van der Waals surface area contributed by atoms with Gasteiger partial charge in [0.05, 0.1) is 19.3 Å². The van der Waals surface area contributed by atoms with Gasteiger partial charge in [-0.3, -0.25) is 0 Å². The summed E-state index contributed by atoms with van der Waals surface area (Å²) < 4.78 is 12.2. The number of benzene rings is 1. The van der Waals surface area contributed by atoms with Gasteiger partial charge in [0.25, 0.3) is 0 Å². The van der Waals surface area contributed by atoms with Gasteiger partial charge < -0.3 is 14.0 Å². The summed E-state index contributed by atoms with van der Waals surface area (Å²) in [6.45, 7) is 14.4. The molecule has 0 bridgehead atoms. The number of carbonyl (C=O) groups excluding carboxylic acids is 1. The molecular formula is C22H36O3Si. The van der Waals surface area contributed by atoms with Gasteiger partial charge in [-0.2, -0.15) is 0 Å². The summed E-state index contributed by atoms with van der Waals surface area (Å²) in [5.41, 5.74) is 1.19. The second-order valence-corrected chi connectivity index (χ2v) is 13.2. The summed E-state index contributed by atoms with van der Waals surface area (Å²) in [5, 5.41) is 0.142. The number of carbonyl (C=O) groups is 1. The Morgan fingerprint density at radius 1 is 1.12 bits per heavy atom. The molecule has 3 nitrogen and oxygen atoms in total. The van der Waals surface area contributed by atoms with Crippen molar-refractivity contribution in [2.45, 2.75) is 71.4 Å². The number of rotatable bonds is 11. The first-order valence-corrected chi connectivity index (χ1v) is 12.5. The average Bonchev–Trinajstić information content (AvgIpc) is 2.59. The first kappa shape index (κ1) is 22.8. The van der Waals surface area contributed by atoms with E-state index >= 15 is 0 Å². The van der Waals surface area contributed by atoms with E-state index in [9.17, 15) is 4.79 Å². The largest absolute Gasteiger partial charge is 0.413 e. The molecule has 1 rings (SSSR count). The van der Waals surface area contributed by atoms with Crippen molar-refractivity contribution in [2.24, 2.45) is 5.92 Å². The minimum Gasteiger partial charge on any atom is -0.413 e. The Labute approximate surface area is 160 Å². The van der Waals surface area contributed by atoms with E-state index in [1.54, 1.807) is 0 Å². The van der Waals surface area contributed by atoms with E-state index in [4.69, 9.17) is 9.16 Å². The van der Waals surface area contributed by atoms with Gasteiger partial charge >= 0.3 is 0 Å². The Hall–Kier alpha value is -1.23. The summed E-state index contributed by atoms with van der Waals surface area (Å²) in [6.07, 6.45) is 6.86. The minimum absolute atomic E-state index is 0.0464. The Morgan fingerprint density at radius 2 is 1.77 bits per heavy atom. The van der Waals surface area contributed by atoms with Gasteiger partial charge in [0.2, 0.25) is 0 Å². The highest BCUT2D eigenvalue weighted by atomic mass is 28.4. The molecule has 0 aliphatic carbocycles. The minimum atomic E-state index is -1.88. The van der Waals surface area contributed by atoms with Crippen LogP contribution in [0.5, 0.6) is 0 Å². The number of hydrogen-bond donors (Lipinski definition) is 0. The van der Waals surface area contributed by atoms with Crippen molar-refractivity contribution in [1.82, 2.24) is 0 Å². The van der Waals surface area contributed by atoms with Crippen LogP contribution < -0.4 is 0 Å². The maximum absolute atomic E-state index is 11.3. The fourth-order valence-corrected chi connectivity index (χ4v) is 3.70. The van der Waals surface area contributed by atoms with Crippen LogP contribution in [0.15, 0.2) is 42.5 Å². The Kier molecular flexibility index (Phi) is 9.48. The highest BCUT2D eigenvalue weighted by molar-refractivity contribution is 6.74. The van der Waals surface area contributed by atoms with Crippen molar-refractivity contribution in [1.29, 1.82) is 0 Å². The van der Waals surface area contributed by atoms with Gasteiger partial charge in [-0.05, 0) is 36.5 Å². The number of ether oxygens (including phenoxy) is 1. The molecule has 4 heteroatoms. The third kappa shape index (κ3) is 7.98. The lowest BCUT2D eigenvalue weighted by atomic mass is 10.0. The molecule has 0 aromatic heterocycles. The van der Waals surface area contributed by atoms with Gasteiger partial charge in [0, 0.05) is 5.92 Å². The second kappa shape index (κ2) is 10.8. The zero-order valence-corrected chi connectivity index (χ0v) is 18.3. The molecule has 0 radical (unpaired) electrons. The van der Waals surface area contributed by atoms with Crippen LogP contribution in [0.4, 0.5) is 0 Å². The van der Waals surface area contributed by atoms with Crippen molar-refractivity contribution in [3.63, 3.8) is 0 Å². The molecule has 1 aromatic rings. The Bertz CT molecular complexity index is 546. The summed E-state index contributed by atoms with van der Waals surface area (Å²) in [6, 6.07) is 10.2. The van der Waals surface area contributed by atoms with Gasteiger partial charge in [0.15, 0.2) is 8.32 Å². The van der Waals surface area contributed by atoms with Crippen LogP contribution in [0.25, 0.3) is 0 Å². The third-order valence-electron chi connectivity index (χ3n) is 5.13. The lowest BCUT2D eigenvalue weighted by Gasteiger charge is -2.40. The highest BCUT2D eigenvalue weighted by Gasteiger charge is 2.39. The van der Waals surface area contributed by atoms with Crippen LogP contribution in [0, 0.1) is 5.92 Å². The first-order valence-electron chi connectivity index (χ1n) is 9.57. The standard InChI is InChI=1S/C22H36O3Si/c1-19(17-23)21(25-26(5,6)22(2,3)4)15-11-8-12-16-24-18-20-13-9-7-10-14-20/h7-11,13-14,17,19,21H,12,15-16,18H2,1-6H3/b11-8+/t19-,21+/m0/s1. The molecule has 146 valence electrons. The third-order valence-corrected chi connectivity index (χ3v) is 9.63. The molecule has 0 saturated heterocycles. The summed E-state index contributed by atoms with van der Waals surface area (Å²) in [5.74, 6) is -0.0943. The van der Waals surface area contributed by atoms with Crippen LogP contribution in [-0.4, -0.2) is 27.3 Å². The lowest BCUT2D eigenvalue weighted by Crippen LogP contribution is -2.45. The van der Waals surface area contributed by atoms with Gasteiger partial charge in [-0.1, -0.05) is 70.2 Å². The van der Waals surface area contributed by atoms with E-state index in [2.05, 4.69) is 58.2 Å². The molecule has 1 aromatic carbocycles. The number of hydrogen-bond acceptors (Lipinski definition) is 3. The zero-order chi connectivity index (χ0) is 19.6. The molecule has 0 unspecified atom stereocenters. The molecule has 0 heterocycles. The van der Waals surface area contributed by atoms with Crippen LogP contribution in [0.3, 0.4) is 0 Å². The maximum atomic E-state index is 11.3. The van der Waals surface area contributed by atoms with Crippen molar-refractivity contribution < 1.29 is 14.0 Å². The van der Waals surface area contributed by atoms with Gasteiger partial charge in [0.1, 0.15) is 6.29 Å². The van der Waals surface area contributed by atoms with Crippen LogP contribution >= 0.6 is 0 Å². The van der Waals surface area contributed by atoms with Crippen molar-refractivity contribution in [3.8, 4) is 0 Å². The fraction of sp³-hybridized carbons (Fsp3) is 0.591. The Morgan fingerprint density at radius 3 is 2.35 bits per heavy atom. The zero-order valence-electron chi connectivity index (χ0n) is 17.3. The van der Waals surface area contributed by atoms with Crippen molar-refractivity contribution in [3.05, 3.63) is 48.0 Å². The molecule has 0 fully saturated rings. The van der Waals surface area contributed by atoms with Crippen molar-refractivity contribution >= 4 is 14.6 Å². The lowest BCUT2D eigenvalue weighted by molar-refractivity contribution is -0.113. The molecule has 0 spiro atoms.